The van der Waals surface area contributed by atoms with Gasteiger partial charge in [-0.2, -0.15) is 0 Å². The number of nitrogens with two attached hydrogens (primary N) is 1. The van der Waals surface area contributed by atoms with Crippen LogP contribution < -0.4 is 11.1 Å². The van der Waals surface area contributed by atoms with Gasteiger partial charge in [0.1, 0.15) is 0 Å². The molecule has 1 saturated carbocycles. The first-order valence-corrected chi connectivity index (χ1v) is 17.6. The molecule has 1 heterocycles. The fraction of sp³-hybridized carbons (Fsp3) is 0.783. The fourth-order valence-corrected chi connectivity index (χ4v) is 6.02. The number of nitrogens with zero attached hydrogens (tertiary/aromatic N) is 2. The monoisotopic (exact) mass is 598 g/mol. The summed E-state index contributed by atoms with van der Waals surface area (Å²) < 4.78 is 13.4. The molecule has 0 aliphatic heterocycles. The summed E-state index contributed by atoms with van der Waals surface area (Å²) in [6, 6.07) is 1.51. The molecule has 1 fully saturated rings. The molecule has 1 aromatic rings. The van der Waals surface area contributed by atoms with E-state index in [1.807, 2.05) is 0 Å². The van der Waals surface area contributed by atoms with Crippen molar-refractivity contribution < 1.29 is 33.3 Å². The summed E-state index contributed by atoms with van der Waals surface area (Å²) in [6.45, 7) is 23.1. The zero-order valence-electron chi connectivity index (χ0n) is 22.4. The quantitative estimate of drug-likeness (QED) is 0.164. The van der Waals surface area contributed by atoms with Crippen LogP contribution in [-0.2, 0) is 28.3 Å². The van der Waals surface area contributed by atoms with E-state index in [9.17, 15) is 10.1 Å². The van der Waals surface area contributed by atoms with Gasteiger partial charge in [-0.25, -0.2) is 0 Å². The van der Waals surface area contributed by atoms with Crippen molar-refractivity contribution in [3.63, 3.8) is 0 Å². The van der Waals surface area contributed by atoms with Crippen molar-refractivity contribution in [2.75, 3.05) is 17.7 Å². The molecule has 0 unspecified atom stereocenters. The standard InChI is InChI=1S/C23H43N4O4Si2.Rh/c1-22(2,3)32(7,8)30-15-16-13-17(14-19(16)31-33(9,10)23(4,5)6)26-18-11-12-25-21(24)20(18)27(28)29;/h11,16-17,19H,13-15H2,1-10H3,(H3,24,25,26);/q-1;/t16-,17+,19-;/m0./s1. The first-order chi connectivity index (χ1) is 14.9. The van der Waals surface area contributed by atoms with E-state index in [0.717, 1.165) is 12.8 Å². The number of pyridine rings is 1. The summed E-state index contributed by atoms with van der Waals surface area (Å²) in [6.07, 6.45) is 4.27. The van der Waals surface area contributed by atoms with Gasteiger partial charge in [-0.05, 0) is 49.1 Å². The minimum Gasteiger partial charge on any atom is -0.430 e. The molecule has 2 rings (SSSR count). The van der Waals surface area contributed by atoms with Crippen LogP contribution in [0.15, 0.2) is 6.07 Å². The van der Waals surface area contributed by atoms with Gasteiger partial charge in [0.05, 0.1) is 11.9 Å². The molecule has 34 heavy (non-hydrogen) atoms. The Morgan fingerprint density at radius 1 is 1.15 bits per heavy atom. The average Bonchev–Trinajstić information content (AvgIpc) is 2.98. The van der Waals surface area contributed by atoms with E-state index in [0.29, 0.717) is 12.3 Å². The number of nitrogens with one attached hydrogen (secondary N) is 1. The summed E-state index contributed by atoms with van der Waals surface area (Å²) in [5.74, 6) is 0.0860. The van der Waals surface area contributed by atoms with Gasteiger partial charge in [-0.3, -0.25) is 10.1 Å². The summed E-state index contributed by atoms with van der Waals surface area (Å²) in [5.41, 5.74) is 5.92. The molecule has 197 valence electrons. The van der Waals surface area contributed by atoms with Crippen molar-refractivity contribution in [1.82, 2.24) is 4.98 Å². The van der Waals surface area contributed by atoms with Gasteiger partial charge in [0.25, 0.3) is 0 Å². The molecule has 1 aromatic heterocycles. The smallest absolute Gasteiger partial charge is 0.228 e. The zero-order valence-corrected chi connectivity index (χ0v) is 26.0. The van der Waals surface area contributed by atoms with E-state index < -0.39 is 21.6 Å². The fourth-order valence-electron chi connectivity index (χ4n) is 3.56. The summed E-state index contributed by atoms with van der Waals surface area (Å²) in [4.78, 5) is 14.8. The normalized spacial score (nSPS) is 21.8. The van der Waals surface area contributed by atoms with Crippen molar-refractivity contribution in [2.45, 2.75) is 103 Å². The maximum absolute atomic E-state index is 11.5. The molecule has 1 radical (unpaired) electrons. The predicted molar refractivity (Wildman–Crippen MR) is 139 cm³/mol. The van der Waals surface area contributed by atoms with Gasteiger partial charge >= 0.3 is 0 Å². The van der Waals surface area contributed by atoms with Gasteiger partial charge in [-0.15, -0.1) is 6.07 Å². The Hall–Kier alpha value is -0.873. The van der Waals surface area contributed by atoms with Gasteiger partial charge in [-0.1, -0.05) is 47.7 Å². The molecule has 8 nitrogen and oxygen atoms in total. The zero-order chi connectivity index (χ0) is 25.4. The van der Waals surface area contributed by atoms with Crippen LogP contribution >= 0.6 is 0 Å². The van der Waals surface area contributed by atoms with Crippen LogP contribution in [0.5, 0.6) is 0 Å². The SMILES string of the molecule is CC(C)(C)[Si](C)(C)OC[C@@H]1C[C@@H](Nc2c[c-]nc(N)c2[N+](=O)[O-])C[C@@H]1O[Si](C)(C)C(C)(C)C.[Rh]. The Morgan fingerprint density at radius 2 is 1.71 bits per heavy atom. The third kappa shape index (κ3) is 7.32. The molecule has 0 saturated heterocycles. The molecule has 1 aliphatic rings. The van der Waals surface area contributed by atoms with E-state index in [1.54, 1.807) is 0 Å². The minimum atomic E-state index is -2.00. The molecule has 0 amide bonds. The third-order valence-corrected chi connectivity index (χ3v) is 16.8. The van der Waals surface area contributed by atoms with Crippen LogP contribution in [0, 0.1) is 22.2 Å². The maximum atomic E-state index is 11.5. The van der Waals surface area contributed by atoms with Gasteiger partial charge in [0.2, 0.25) is 5.69 Å². The van der Waals surface area contributed by atoms with Crippen LogP contribution in [0.3, 0.4) is 0 Å². The number of nitrogen functional groups attached to an aromatic ring is 1. The summed E-state index contributed by atoms with van der Waals surface area (Å²) in [5, 5.41) is 15.1. The van der Waals surface area contributed by atoms with Gasteiger partial charge in [0, 0.05) is 48.7 Å². The third-order valence-electron chi connectivity index (χ3n) is 7.78. The molecular weight excluding hydrogens is 555 g/mol. The van der Waals surface area contributed by atoms with E-state index in [1.165, 1.54) is 6.07 Å². The van der Waals surface area contributed by atoms with E-state index in [-0.39, 0.29) is 59.1 Å². The van der Waals surface area contributed by atoms with Crippen LogP contribution in [0.4, 0.5) is 17.2 Å². The maximum Gasteiger partial charge on any atom is 0.228 e. The number of aromatic nitrogens is 1. The number of nitro groups is 1. The number of anilines is 2. The second-order valence-corrected chi connectivity index (χ2v) is 21.9. The molecule has 0 aromatic carbocycles. The Kier molecular flexibility index (Phi) is 10.1. The predicted octanol–water partition coefficient (Wildman–Crippen LogP) is 5.97. The Labute approximate surface area is 220 Å². The summed E-state index contributed by atoms with van der Waals surface area (Å²) in [7, 11) is -3.91. The first-order valence-electron chi connectivity index (χ1n) is 11.7. The second kappa shape index (κ2) is 11.0. The van der Waals surface area contributed by atoms with Crippen LogP contribution in [0.25, 0.3) is 0 Å². The number of rotatable bonds is 8. The number of hydrogen-bond donors (Lipinski definition) is 2. The van der Waals surface area contributed by atoms with Crippen LogP contribution in [0.2, 0.25) is 36.3 Å². The van der Waals surface area contributed by atoms with Crippen molar-refractivity contribution in [2.24, 2.45) is 5.92 Å². The minimum absolute atomic E-state index is 0. The molecular formula is C23H43N4O4RhSi2-. The summed E-state index contributed by atoms with van der Waals surface area (Å²) >= 11 is 0. The topological polar surface area (TPSA) is 113 Å². The van der Waals surface area contributed by atoms with Crippen LogP contribution in [-0.4, -0.2) is 45.3 Å². The van der Waals surface area contributed by atoms with E-state index in [4.69, 9.17) is 14.6 Å². The Balaban J connectivity index is 0.00000578. The van der Waals surface area contributed by atoms with Crippen molar-refractivity contribution in [1.29, 1.82) is 0 Å². The molecule has 11 heteroatoms. The molecule has 3 atom stereocenters. The van der Waals surface area contributed by atoms with Crippen molar-refractivity contribution in [3.8, 4) is 0 Å². The Bertz CT molecular complexity index is 856. The van der Waals surface area contributed by atoms with Crippen molar-refractivity contribution >= 4 is 33.8 Å². The van der Waals surface area contributed by atoms with Crippen LogP contribution in [0.1, 0.15) is 54.4 Å². The van der Waals surface area contributed by atoms with Gasteiger partial charge in [0.15, 0.2) is 16.6 Å². The van der Waals surface area contributed by atoms with E-state index >= 15 is 0 Å². The molecule has 0 bridgehead atoms. The molecule has 0 spiro atoms. The number of hydrogen-bond acceptors (Lipinski definition) is 7. The molecule has 3 N–H and O–H groups in total. The van der Waals surface area contributed by atoms with E-state index in [2.05, 4.69) is 84.2 Å². The molecule has 1 aliphatic carbocycles. The van der Waals surface area contributed by atoms with Gasteiger partial charge < -0.3 is 24.9 Å². The first kappa shape index (κ1) is 31.2. The Morgan fingerprint density at radius 3 is 2.21 bits per heavy atom. The largest absolute Gasteiger partial charge is 0.430 e. The second-order valence-electron chi connectivity index (χ2n) is 12.4. The average molecular weight is 599 g/mol. The van der Waals surface area contributed by atoms with Crippen molar-refractivity contribution in [3.05, 3.63) is 22.4 Å².